The van der Waals surface area contributed by atoms with Gasteiger partial charge in [0, 0.05) is 22.1 Å². The molecule has 0 bridgehead atoms. The van der Waals surface area contributed by atoms with Gasteiger partial charge in [0.15, 0.2) is 0 Å². The number of likely N-dealkylation sites (tertiary alicyclic amines) is 1. The summed E-state index contributed by atoms with van der Waals surface area (Å²) in [7, 11) is 0. The zero-order valence-corrected chi connectivity index (χ0v) is 20.1. The summed E-state index contributed by atoms with van der Waals surface area (Å²) in [4.78, 5) is 3.87. The summed E-state index contributed by atoms with van der Waals surface area (Å²) in [6.45, 7) is 5.17. The second-order valence-corrected chi connectivity index (χ2v) is 10.6. The van der Waals surface area contributed by atoms with Crippen LogP contribution in [-0.4, -0.2) is 43.0 Å². The van der Waals surface area contributed by atoms with Crippen molar-refractivity contribution in [2.75, 3.05) is 32.8 Å². The molecule has 3 heterocycles. The largest absolute Gasteiger partial charge is 0.379 e. The van der Waals surface area contributed by atoms with Crippen molar-refractivity contribution in [2.45, 2.75) is 29.8 Å². The number of fused-ring (bicyclic) bond motifs is 5. The molecule has 0 aromatic heterocycles. The molecule has 1 fully saturated rings. The van der Waals surface area contributed by atoms with Gasteiger partial charge in [0.05, 0.1) is 23.5 Å². The number of rotatable bonds is 5. The molecule has 0 radical (unpaired) electrons. The molecule has 0 aromatic carbocycles. The Balaban J connectivity index is 0.00000218. The first-order chi connectivity index (χ1) is 14.3. The van der Waals surface area contributed by atoms with Crippen LogP contribution >= 0.6 is 47.1 Å². The van der Waals surface area contributed by atoms with Crippen molar-refractivity contribution in [2.24, 2.45) is 0 Å². The van der Waals surface area contributed by atoms with Crippen molar-refractivity contribution in [3.63, 3.8) is 0 Å². The van der Waals surface area contributed by atoms with E-state index in [9.17, 15) is 0 Å². The highest BCUT2D eigenvalue weighted by atomic mass is 35.5. The Kier molecular flexibility index (Phi) is 7.66. The summed E-state index contributed by atoms with van der Waals surface area (Å²) in [5, 5.41) is 3.61. The van der Waals surface area contributed by atoms with Crippen LogP contribution in [-0.2, 0) is 4.74 Å². The Bertz CT molecular complexity index is 929. The van der Waals surface area contributed by atoms with E-state index in [0.29, 0.717) is 10.5 Å². The molecule has 30 heavy (non-hydrogen) atoms. The first kappa shape index (κ1) is 22.4. The highest BCUT2D eigenvalue weighted by Crippen LogP contribution is 2.50. The standard InChI is InChI=1S/C24H26ClNOS2.ClH/c25-19-13-18-14-22-21(23(18)28-16-19)6-4-5-17-7-8-20(29-24(17)22)15-27-12-11-26-9-2-1-3-10-26;/h4-8,13-14,16,20,24H,1-3,9-12,15H2;1H. The molecule has 0 N–H and O–H groups in total. The first-order valence-electron chi connectivity index (χ1n) is 10.5. The lowest BCUT2D eigenvalue weighted by Crippen LogP contribution is -2.33. The minimum absolute atomic E-state index is 0. The average Bonchev–Trinajstić information content (AvgIpc) is 3.00. The van der Waals surface area contributed by atoms with Gasteiger partial charge in [-0.3, -0.25) is 0 Å². The SMILES string of the molecule is Cl.Clc1csc2c3c(cc-2c1)C1SC(COCCN2CCCCC2)C=CC1=CC=C3. The predicted octanol–water partition coefficient (Wildman–Crippen LogP) is 7.10. The van der Waals surface area contributed by atoms with Crippen LogP contribution in [0.1, 0.15) is 35.6 Å². The third-order valence-corrected chi connectivity index (χ3v) is 8.80. The van der Waals surface area contributed by atoms with Crippen molar-refractivity contribution in [3.05, 3.63) is 63.5 Å². The van der Waals surface area contributed by atoms with Gasteiger partial charge >= 0.3 is 0 Å². The van der Waals surface area contributed by atoms with Crippen LogP contribution in [0.5, 0.6) is 0 Å². The van der Waals surface area contributed by atoms with E-state index >= 15 is 0 Å². The van der Waals surface area contributed by atoms with Crippen LogP contribution in [0.25, 0.3) is 16.5 Å². The fourth-order valence-electron chi connectivity index (χ4n) is 4.45. The van der Waals surface area contributed by atoms with E-state index in [2.05, 4.69) is 47.4 Å². The second-order valence-electron chi connectivity index (χ2n) is 7.98. The summed E-state index contributed by atoms with van der Waals surface area (Å²) in [5.41, 5.74) is 5.39. The Hall–Kier alpha value is -0.750. The number of halogens is 2. The van der Waals surface area contributed by atoms with Gasteiger partial charge in [-0.15, -0.1) is 35.5 Å². The van der Waals surface area contributed by atoms with E-state index in [4.69, 9.17) is 16.3 Å². The normalized spacial score (nSPS) is 23.4. The number of thioether (sulfide) groups is 1. The highest BCUT2D eigenvalue weighted by molar-refractivity contribution is 8.00. The van der Waals surface area contributed by atoms with E-state index in [1.165, 1.54) is 59.5 Å². The maximum absolute atomic E-state index is 6.25. The van der Waals surface area contributed by atoms with Gasteiger partial charge in [0.1, 0.15) is 0 Å². The number of piperidine rings is 1. The van der Waals surface area contributed by atoms with Gasteiger partial charge in [0.2, 0.25) is 0 Å². The monoisotopic (exact) mass is 479 g/mol. The van der Waals surface area contributed by atoms with Crippen LogP contribution in [0, 0.1) is 0 Å². The van der Waals surface area contributed by atoms with Gasteiger partial charge in [-0.05, 0) is 60.3 Å². The molecule has 3 aliphatic heterocycles. The summed E-state index contributed by atoms with van der Waals surface area (Å²) in [6.07, 6.45) is 15.4. The summed E-state index contributed by atoms with van der Waals surface area (Å²) in [5.74, 6) is 0. The molecule has 0 aromatic rings. The zero-order chi connectivity index (χ0) is 19.6. The van der Waals surface area contributed by atoms with Gasteiger partial charge in [-0.1, -0.05) is 48.4 Å². The van der Waals surface area contributed by atoms with Gasteiger partial charge in [-0.2, -0.15) is 0 Å². The molecule has 160 valence electrons. The Morgan fingerprint density at radius 1 is 1.13 bits per heavy atom. The summed E-state index contributed by atoms with van der Waals surface area (Å²) in [6, 6.07) is 4.42. The summed E-state index contributed by atoms with van der Waals surface area (Å²) < 4.78 is 6.09. The molecule has 1 saturated heterocycles. The summed E-state index contributed by atoms with van der Waals surface area (Å²) >= 11 is 10.0. The Labute approximate surface area is 198 Å². The minimum Gasteiger partial charge on any atom is -0.379 e. The van der Waals surface area contributed by atoms with Crippen molar-refractivity contribution < 1.29 is 4.74 Å². The third-order valence-electron chi connectivity index (χ3n) is 5.95. The van der Waals surface area contributed by atoms with Gasteiger partial charge < -0.3 is 9.64 Å². The molecule has 2 atom stereocenters. The van der Waals surface area contributed by atoms with Crippen molar-refractivity contribution in [3.8, 4) is 10.4 Å². The highest BCUT2D eigenvalue weighted by Gasteiger charge is 2.29. The number of allylic oxidation sites excluding steroid dienone is 3. The predicted molar refractivity (Wildman–Crippen MR) is 135 cm³/mol. The van der Waals surface area contributed by atoms with E-state index in [0.717, 1.165) is 24.8 Å². The second kappa shape index (κ2) is 10.2. The number of nitrogens with zero attached hydrogens (tertiary/aromatic N) is 1. The Morgan fingerprint density at radius 3 is 2.87 bits per heavy atom. The lowest BCUT2D eigenvalue weighted by Gasteiger charge is -2.28. The van der Waals surface area contributed by atoms with E-state index in [1.54, 1.807) is 11.3 Å². The van der Waals surface area contributed by atoms with Gasteiger partial charge in [-0.25, -0.2) is 0 Å². The maximum Gasteiger partial charge on any atom is 0.0621 e. The smallest absolute Gasteiger partial charge is 0.0621 e. The lowest BCUT2D eigenvalue weighted by atomic mass is 10.0. The molecule has 5 rings (SSSR count). The molecule has 0 spiro atoms. The fraction of sp³-hybridized carbons (Fsp3) is 0.417. The zero-order valence-electron chi connectivity index (χ0n) is 16.9. The van der Waals surface area contributed by atoms with Crippen molar-refractivity contribution >= 4 is 53.2 Å². The Morgan fingerprint density at radius 2 is 2.00 bits per heavy atom. The fourth-order valence-corrected chi connectivity index (χ4v) is 6.92. The van der Waals surface area contributed by atoms with E-state index in [1.807, 2.05) is 17.1 Å². The number of ether oxygens (including phenoxy) is 1. The van der Waals surface area contributed by atoms with Crippen LogP contribution in [0.15, 0.2) is 47.4 Å². The van der Waals surface area contributed by atoms with Crippen LogP contribution < -0.4 is 0 Å². The molecule has 5 aliphatic rings. The first-order valence-corrected chi connectivity index (χ1v) is 12.7. The molecule has 0 saturated carbocycles. The number of hydrogen-bond acceptors (Lipinski definition) is 4. The van der Waals surface area contributed by atoms with Crippen molar-refractivity contribution in [1.82, 2.24) is 4.90 Å². The minimum atomic E-state index is 0. The van der Waals surface area contributed by atoms with E-state index < -0.39 is 0 Å². The van der Waals surface area contributed by atoms with Crippen LogP contribution in [0.3, 0.4) is 0 Å². The third kappa shape index (κ3) is 4.85. The molecule has 2 aliphatic carbocycles. The molecule has 6 heteroatoms. The van der Waals surface area contributed by atoms with E-state index in [-0.39, 0.29) is 12.4 Å². The molecule has 2 nitrogen and oxygen atoms in total. The quantitative estimate of drug-likeness (QED) is 0.424. The maximum atomic E-state index is 6.25. The topological polar surface area (TPSA) is 12.5 Å². The molecular weight excluding hydrogens is 453 g/mol. The average molecular weight is 481 g/mol. The molecular formula is C24H27Cl2NOS2. The lowest BCUT2D eigenvalue weighted by molar-refractivity contribution is 0.101. The van der Waals surface area contributed by atoms with Crippen LogP contribution in [0.4, 0.5) is 0 Å². The number of hydrogen-bond donors (Lipinski definition) is 0. The van der Waals surface area contributed by atoms with Crippen LogP contribution in [0.2, 0.25) is 5.02 Å². The molecule has 2 unspecified atom stereocenters. The van der Waals surface area contributed by atoms with Gasteiger partial charge in [0.25, 0.3) is 0 Å². The van der Waals surface area contributed by atoms with Crippen molar-refractivity contribution in [1.29, 1.82) is 0 Å². The molecule has 0 amide bonds.